The van der Waals surface area contributed by atoms with Crippen LogP contribution in [0.15, 0.2) is 35.1 Å². The first-order valence-corrected chi connectivity index (χ1v) is 5.20. The third kappa shape index (κ3) is 2.59. The molecular formula is C12H15N3O. The van der Waals surface area contributed by atoms with Gasteiger partial charge in [-0.2, -0.15) is 0 Å². The number of pyridine rings is 1. The zero-order chi connectivity index (χ0) is 11.6. The molecular weight excluding hydrogens is 202 g/mol. The van der Waals surface area contributed by atoms with Crippen molar-refractivity contribution in [2.45, 2.75) is 26.3 Å². The lowest BCUT2D eigenvalue weighted by Gasteiger charge is -2.19. The molecule has 4 nitrogen and oxygen atoms in total. The van der Waals surface area contributed by atoms with E-state index in [1.54, 1.807) is 12.4 Å². The van der Waals surface area contributed by atoms with Gasteiger partial charge in [-0.25, -0.2) is 0 Å². The lowest BCUT2D eigenvalue weighted by atomic mass is 10.1. The second-order valence-corrected chi connectivity index (χ2v) is 4.69. The van der Waals surface area contributed by atoms with Crippen molar-refractivity contribution in [3.63, 3.8) is 0 Å². The van der Waals surface area contributed by atoms with Crippen LogP contribution in [-0.4, -0.2) is 15.7 Å². The van der Waals surface area contributed by atoms with Crippen molar-refractivity contribution in [3.05, 3.63) is 30.6 Å². The molecule has 0 bridgehead atoms. The van der Waals surface area contributed by atoms with Crippen LogP contribution in [0.4, 0.5) is 5.82 Å². The number of anilines is 1. The molecule has 0 saturated carbocycles. The van der Waals surface area contributed by atoms with E-state index in [-0.39, 0.29) is 5.54 Å². The number of nitrogens with zero attached hydrogens (tertiary/aromatic N) is 2. The molecule has 0 spiro atoms. The molecule has 16 heavy (non-hydrogen) atoms. The van der Waals surface area contributed by atoms with Gasteiger partial charge in [0, 0.05) is 29.6 Å². The van der Waals surface area contributed by atoms with Gasteiger partial charge in [0.2, 0.25) is 0 Å². The first-order valence-electron chi connectivity index (χ1n) is 5.20. The van der Waals surface area contributed by atoms with E-state index in [9.17, 15) is 0 Å². The second kappa shape index (κ2) is 3.96. The summed E-state index contributed by atoms with van der Waals surface area (Å²) in [6.07, 6.45) is 3.48. The summed E-state index contributed by atoms with van der Waals surface area (Å²) < 4.78 is 5.24. The standard InChI is InChI=1S/C12H15N3O/c1-12(2,3)14-11-7-10(16-15-11)9-5-4-6-13-8-9/h4-8H,1-3H3,(H,14,15). The maximum atomic E-state index is 5.24. The lowest BCUT2D eigenvalue weighted by Crippen LogP contribution is -2.26. The van der Waals surface area contributed by atoms with Crippen molar-refractivity contribution >= 4 is 5.82 Å². The predicted octanol–water partition coefficient (Wildman–Crippen LogP) is 2.95. The minimum Gasteiger partial charge on any atom is -0.363 e. The van der Waals surface area contributed by atoms with Gasteiger partial charge in [-0.15, -0.1) is 0 Å². The highest BCUT2D eigenvalue weighted by atomic mass is 16.5. The fraction of sp³-hybridized carbons (Fsp3) is 0.333. The number of aromatic nitrogens is 2. The summed E-state index contributed by atoms with van der Waals surface area (Å²) in [5, 5.41) is 7.21. The van der Waals surface area contributed by atoms with Gasteiger partial charge in [-0.1, -0.05) is 5.16 Å². The summed E-state index contributed by atoms with van der Waals surface area (Å²) >= 11 is 0. The third-order valence-electron chi connectivity index (χ3n) is 1.96. The Morgan fingerprint density at radius 1 is 1.31 bits per heavy atom. The van der Waals surface area contributed by atoms with Crippen molar-refractivity contribution in [1.82, 2.24) is 10.1 Å². The molecule has 2 heterocycles. The van der Waals surface area contributed by atoms with Gasteiger partial charge in [0.25, 0.3) is 0 Å². The van der Waals surface area contributed by atoms with Gasteiger partial charge in [-0.05, 0) is 32.9 Å². The van der Waals surface area contributed by atoms with E-state index in [1.807, 2.05) is 18.2 Å². The van der Waals surface area contributed by atoms with Crippen molar-refractivity contribution in [2.24, 2.45) is 0 Å². The molecule has 0 aliphatic heterocycles. The van der Waals surface area contributed by atoms with E-state index in [0.29, 0.717) is 0 Å². The maximum absolute atomic E-state index is 5.24. The Morgan fingerprint density at radius 3 is 2.75 bits per heavy atom. The molecule has 0 aliphatic rings. The molecule has 4 heteroatoms. The van der Waals surface area contributed by atoms with Crippen LogP contribution in [0.3, 0.4) is 0 Å². The zero-order valence-electron chi connectivity index (χ0n) is 9.69. The summed E-state index contributed by atoms with van der Waals surface area (Å²) in [5.41, 5.74) is 0.903. The minimum atomic E-state index is -0.0247. The van der Waals surface area contributed by atoms with Crippen LogP contribution in [0, 0.1) is 0 Å². The number of hydrogen-bond donors (Lipinski definition) is 1. The van der Waals surface area contributed by atoms with Gasteiger partial charge in [-0.3, -0.25) is 4.98 Å². The summed E-state index contributed by atoms with van der Waals surface area (Å²) in [7, 11) is 0. The Bertz CT molecular complexity index is 457. The topological polar surface area (TPSA) is 51.0 Å². The Hall–Kier alpha value is -1.84. The van der Waals surface area contributed by atoms with Gasteiger partial charge in [0.05, 0.1) is 0 Å². The molecule has 1 N–H and O–H groups in total. The molecule has 0 atom stereocenters. The van der Waals surface area contributed by atoms with E-state index in [2.05, 4.69) is 36.2 Å². The summed E-state index contributed by atoms with van der Waals surface area (Å²) in [5.74, 6) is 1.46. The first kappa shape index (κ1) is 10.7. The largest absolute Gasteiger partial charge is 0.363 e. The quantitative estimate of drug-likeness (QED) is 0.840. The van der Waals surface area contributed by atoms with E-state index in [0.717, 1.165) is 17.1 Å². The Labute approximate surface area is 94.7 Å². The van der Waals surface area contributed by atoms with Crippen LogP contribution in [0.2, 0.25) is 0 Å². The lowest BCUT2D eigenvalue weighted by molar-refractivity contribution is 0.432. The van der Waals surface area contributed by atoms with Crippen molar-refractivity contribution < 1.29 is 4.52 Å². The third-order valence-corrected chi connectivity index (χ3v) is 1.96. The molecule has 0 amide bonds. The summed E-state index contributed by atoms with van der Waals surface area (Å²) in [4.78, 5) is 4.04. The molecule has 0 aliphatic carbocycles. The molecule has 0 aromatic carbocycles. The van der Waals surface area contributed by atoms with Crippen LogP contribution in [-0.2, 0) is 0 Å². The summed E-state index contributed by atoms with van der Waals surface area (Å²) in [6, 6.07) is 5.69. The fourth-order valence-electron chi connectivity index (χ4n) is 1.36. The molecule has 2 aromatic heterocycles. The Morgan fingerprint density at radius 2 is 2.12 bits per heavy atom. The van der Waals surface area contributed by atoms with Gasteiger partial charge in [0.1, 0.15) is 0 Å². The van der Waals surface area contributed by atoms with E-state index < -0.39 is 0 Å². The van der Waals surface area contributed by atoms with Crippen molar-refractivity contribution in [3.8, 4) is 11.3 Å². The highest BCUT2D eigenvalue weighted by Gasteiger charge is 2.13. The summed E-state index contributed by atoms with van der Waals surface area (Å²) in [6.45, 7) is 6.22. The SMILES string of the molecule is CC(C)(C)Nc1cc(-c2cccnc2)on1. The smallest absolute Gasteiger partial charge is 0.170 e. The first-order chi connectivity index (χ1) is 7.54. The van der Waals surface area contributed by atoms with Crippen molar-refractivity contribution in [1.29, 1.82) is 0 Å². The molecule has 84 valence electrons. The molecule has 0 radical (unpaired) electrons. The van der Waals surface area contributed by atoms with Crippen LogP contribution in [0.25, 0.3) is 11.3 Å². The second-order valence-electron chi connectivity index (χ2n) is 4.69. The van der Waals surface area contributed by atoms with E-state index in [1.165, 1.54) is 0 Å². The molecule has 0 fully saturated rings. The van der Waals surface area contributed by atoms with Crippen LogP contribution in [0.1, 0.15) is 20.8 Å². The normalized spacial score (nSPS) is 11.4. The molecule has 0 saturated heterocycles. The number of rotatable bonds is 2. The average Bonchev–Trinajstić information content (AvgIpc) is 2.65. The fourth-order valence-corrected chi connectivity index (χ4v) is 1.36. The number of nitrogens with one attached hydrogen (secondary N) is 1. The minimum absolute atomic E-state index is 0.0247. The average molecular weight is 217 g/mol. The number of hydrogen-bond acceptors (Lipinski definition) is 4. The van der Waals surface area contributed by atoms with Gasteiger partial charge in [0.15, 0.2) is 11.6 Å². The molecule has 2 rings (SSSR count). The van der Waals surface area contributed by atoms with Crippen LogP contribution >= 0.6 is 0 Å². The van der Waals surface area contributed by atoms with Gasteiger partial charge >= 0.3 is 0 Å². The Balaban J connectivity index is 2.21. The van der Waals surface area contributed by atoms with Crippen molar-refractivity contribution in [2.75, 3.05) is 5.32 Å². The van der Waals surface area contributed by atoms with Gasteiger partial charge < -0.3 is 9.84 Å². The van der Waals surface area contributed by atoms with E-state index >= 15 is 0 Å². The highest BCUT2D eigenvalue weighted by molar-refractivity contribution is 5.59. The van der Waals surface area contributed by atoms with Crippen LogP contribution < -0.4 is 5.32 Å². The zero-order valence-corrected chi connectivity index (χ0v) is 9.69. The maximum Gasteiger partial charge on any atom is 0.170 e. The predicted molar refractivity (Wildman–Crippen MR) is 63.1 cm³/mol. The molecule has 2 aromatic rings. The molecule has 0 unspecified atom stereocenters. The van der Waals surface area contributed by atoms with E-state index in [4.69, 9.17) is 4.52 Å². The monoisotopic (exact) mass is 217 g/mol. The highest BCUT2D eigenvalue weighted by Crippen LogP contribution is 2.22. The van der Waals surface area contributed by atoms with Crippen LogP contribution in [0.5, 0.6) is 0 Å². The Kier molecular flexibility index (Phi) is 2.64.